The highest BCUT2D eigenvalue weighted by Crippen LogP contribution is 2.28. The van der Waals surface area contributed by atoms with Crippen LogP contribution in [0.15, 0.2) is 55.9 Å². The number of halogens is 2. The third-order valence-corrected chi connectivity index (χ3v) is 4.86. The summed E-state index contributed by atoms with van der Waals surface area (Å²) in [5, 5.41) is 7.56. The van der Waals surface area contributed by atoms with Gasteiger partial charge in [0.25, 0.3) is 5.91 Å². The van der Waals surface area contributed by atoms with E-state index < -0.39 is 6.04 Å². The first-order chi connectivity index (χ1) is 13.4. The Morgan fingerprint density at radius 2 is 1.96 bits per heavy atom. The average molecular weight is 444 g/mol. The molecule has 4 rings (SSSR count). The number of amides is 1. The summed E-state index contributed by atoms with van der Waals surface area (Å²) in [6.45, 7) is 3.56. The van der Waals surface area contributed by atoms with Gasteiger partial charge in [-0.05, 0) is 56.3 Å². The van der Waals surface area contributed by atoms with Crippen LogP contribution < -0.4 is 5.32 Å². The van der Waals surface area contributed by atoms with Crippen LogP contribution in [0, 0.1) is 12.7 Å². The molecule has 8 heteroatoms. The highest BCUT2D eigenvalue weighted by Gasteiger charge is 2.22. The molecule has 2 aromatic carbocycles. The summed E-state index contributed by atoms with van der Waals surface area (Å²) in [6.07, 6.45) is 0. The first-order valence-electron chi connectivity index (χ1n) is 8.51. The zero-order valence-electron chi connectivity index (χ0n) is 15.0. The van der Waals surface area contributed by atoms with Crippen LogP contribution in [0.25, 0.3) is 22.4 Å². The van der Waals surface area contributed by atoms with Crippen molar-refractivity contribution in [1.29, 1.82) is 0 Å². The number of fused-ring (bicyclic) bond motifs is 1. The third-order valence-electron chi connectivity index (χ3n) is 4.37. The van der Waals surface area contributed by atoms with E-state index in [4.69, 9.17) is 8.94 Å². The molecule has 142 valence electrons. The predicted molar refractivity (Wildman–Crippen MR) is 104 cm³/mol. The lowest BCUT2D eigenvalue weighted by Crippen LogP contribution is -2.27. The Hall–Kier alpha value is -3.00. The molecule has 1 atom stereocenters. The number of hydrogen-bond acceptors (Lipinski definition) is 5. The van der Waals surface area contributed by atoms with Gasteiger partial charge in [-0.15, -0.1) is 0 Å². The molecule has 6 nitrogen and oxygen atoms in total. The quantitative estimate of drug-likeness (QED) is 0.469. The number of aromatic nitrogens is 2. The van der Waals surface area contributed by atoms with Crippen LogP contribution in [-0.2, 0) is 0 Å². The van der Waals surface area contributed by atoms with E-state index in [1.165, 1.54) is 12.1 Å². The van der Waals surface area contributed by atoms with Crippen LogP contribution in [0.5, 0.6) is 0 Å². The second-order valence-electron chi connectivity index (χ2n) is 6.35. The van der Waals surface area contributed by atoms with Crippen molar-refractivity contribution in [3.8, 4) is 11.4 Å². The lowest BCUT2D eigenvalue weighted by molar-refractivity contribution is 0.0905. The zero-order valence-corrected chi connectivity index (χ0v) is 16.6. The molecule has 1 amide bonds. The molecule has 0 saturated heterocycles. The van der Waals surface area contributed by atoms with Crippen molar-refractivity contribution in [3.05, 3.63) is 70.0 Å². The fourth-order valence-corrected chi connectivity index (χ4v) is 3.22. The summed E-state index contributed by atoms with van der Waals surface area (Å²) in [7, 11) is 0. The second-order valence-corrected chi connectivity index (χ2v) is 7.27. The maximum absolute atomic E-state index is 13.0. The van der Waals surface area contributed by atoms with Crippen LogP contribution in [0.2, 0.25) is 0 Å². The van der Waals surface area contributed by atoms with Gasteiger partial charge in [-0.3, -0.25) is 4.79 Å². The van der Waals surface area contributed by atoms with Crippen LogP contribution in [-0.4, -0.2) is 16.0 Å². The molecular formula is C20H15BrFN3O3. The largest absolute Gasteiger partial charge is 0.451 e. The number of carbonyl (C=O) groups excluding carboxylic acids is 1. The number of aryl methyl sites for hydroxylation is 1. The first-order valence-corrected chi connectivity index (χ1v) is 9.30. The van der Waals surface area contributed by atoms with Gasteiger partial charge in [0, 0.05) is 21.0 Å². The second kappa shape index (κ2) is 7.20. The number of benzene rings is 2. The molecule has 0 saturated carbocycles. The molecular weight excluding hydrogens is 429 g/mol. The van der Waals surface area contributed by atoms with Gasteiger partial charge in [0.2, 0.25) is 11.7 Å². The first kappa shape index (κ1) is 18.4. The van der Waals surface area contributed by atoms with E-state index in [0.717, 1.165) is 15.4 Å². The van der Waals surface area contributed by atoms with Gasteiger partial charge in [-0.2, -0.15) is 4.98 Å². The number of furan rings is 1. The van der Waals surface area contributed by atoms with Crippen molar-refractivity contribution in [2.45, 2.75) is 19.9 Å². The van der Waals surface area contributed by atoms with E-state index in [1.807, 2.05) is 19.1 Å². The Bertz CT molecular complexity index is 1170. The van der Waals surface area contributed by atoms with Crippen LogP contribution in [0.3, 0.4) is 0 Å². The molecule has 4 aromatic rings. The smallest absolute Gasteiger partial charge is 0.287 e. The van der Waals surface area contributed by atoms with E-state index in [-0.39, 0.29) is 23.4 Å². The Kier molecular flexibility index (Phi) is 4.72. The molecule has 0 aliphatic rings. The SMILES string of the molecule is Cc1c(C(=O)NC(C)c2nc(-c3ccc(F)cc3)no2)oc2ccc(Br)cc12. The molecule has 0 fully saturated rings. The highest BCUT2D eigenvalue weighted by molar-refractivity contribution is 9.10. The van der Waals surface area contributed by atoms with Crippen molar-refractivity contribution in [2.24, 2.45) is 0 Å². The van der Waals surface area contributed by atoms with Gasteiger partial charge in [0.1, 0.15) is 17.4 Å². The minimum atomic E-state index is -0.534. The Morgan fingerprint density at radius 1 is 1.21 bits per heavy atom. The van der Waals surface area contributed by atoms with Crippen molar-refractivity contribution in [2.75, 3.05) is 0 Å². The maximum Gasteiger partial charge on any atom is 0.287 e. The lowest BCUT2D eigenvalue weighted by atomic mass is 10.1. The maximum atomic E-state index is 13.0. The fraction of sp³-hybridized carbons (Fsp3) is 0.150. The van der Waals surface area contributed by atoms with E-state index >= 15 is 0 Å². The summed E-state index contributed by atoms with van der Waals surface area (Å²) < 4.78 is 24.9. The molecule has 1 unspecified atom stereocenters. The zero-order chi connectivity index (χ0) is 19.8. The van der Waals surface area contributed by atoms with Gasteiger partial charge >= 0.3 is 0 Å². The molecule has 0 bridgehead atoms. The van der Waals surface area contributed by atoms with Gasteiger partial charge in [-0.25, -0.2) is 4.39 Å². The highest BCUT2D eigenvalue weighted by atomic mass is 79.9. The number of nitrogens with zero attached hydrogens (tertiary/aromatic N) is 2. The Balaban J connectivity index is 1.54. The minimum absolute atomic E-state index is 0.234. The molecule has 0 aliphatic heterocycles. The molecule has 0 spiro atoms. The molecule has 1 N–H and O–H groups in total. The third kappa shape index (κ3) is 3.43. The predicted octanol–water partition coefficient (Wildman–Crippen LogP) is 5.18. The Morgan fingerprint density at radius 3 is 2.71 bits per heavy atom. The van der Waals surface area contributed by atoms with Crippen molar-refractivity contribution in [3.63, 3.8) is 0 Å². The minimum Gasteiger partial charge on any atom is -0.451 e. The molecule has 0 radical (unpaired) electrons. The topological polar surface area (TPSA) is 81.2 Å². The number of rotatable bonds is 4. The summed E-state index contributed by atoms with van der Waals surface area (Å²) in [6, 6.07) is 10.8. The monoisotopic (exact) mass is 443 g/mol. The molecule has 2 heterocycles. The van der Waals surface area contributed by atoms with E-state index in [0.29, 0.717) is 17.0 Å². The van der Waals surface area contributed by atoms with E-state index in [9.17, 15) is 9.18 Å². The standard InChI is InChI=1S/C20H15BrFN3O3/c1-10-15-9-13(21)5-8-16(15)27-17(10)19(26)23-11(2)20-24-18(25-28-20)12-3-6-14(22)7-4-12/h3-9,11H,1-2H3,(H,23,26). The van der Waals surface area contributed by atoms with E-state index in [2.05, 4.69) is 31.4 Å². The molecule has 0 aliphatic carbocycles. The summed E-state index contributed by atoms with van der Waals surface area (Å²) in [5.41, 5.74) is 2.00. The average Bonchev–Trinajstić information content (AvgIpc) is 3.28. The molecule has 28 heavy (non-hydrogen) atoms. The van der Waals surface area contributed by atoms with Gasteiger partial charge < -0.3 is 14.3 Å². The van der Waals surface area contributed by atoms with Crippen molar-refractivity contribution in [1.82, 2.24) is 15.5 Å². The van der Waals surface area contributed by atoms with Gasteiger partial charge in [0.15, 0.2) is 5.76 Å². The van der Waals surface area contributed by atoms with E-state index in [1.54, 1.807) is 25.1 Å². The number of nitrogens with one attached hydrogen (secondary N) is 1. The van der Waals surface area contributed by atoms with Crippen LogP contribution >= 0.6 is 15.9 Å². The van der Waals surface area contributed by atoms with Crippen LogP contribution in [0.1, 0.15) is 35.0 Å². The summed E-state index contributed by atoms with van der Waals surface area (Å²) in [5.74, 6) is 0.0727. The van der Waals surface area contributed by atoms with Crippen molar-refractivity contribution >= 4 is 32.8 Å². The lowest BCUT2D eigenvalue weighted by Gasteiger charge is -2.08. The molecule has 2 aromatic heterocycles. The summed E-state index contributed by atoms with van der Waals surface area (Å²) in [4.78, 5) is 17.0. The fourth-order valence-electron chi connectivity index (χ4n) is 2.86. The summed E-state index contributed by atoms with van der Waals surface area (Å²) >= 11 is 3.42. The normalized spacial score (nSPS) is 12.3. The number of carbonyl (C=O) groups is 1. The van der Waals surface area contributed by atoms with Crippen molar-refractivity contribution < 1.29 is 18.1 Å². The van der Waals surface area contributed by atoms with Gasteiger partial charge in [0.05, 0.1) is 0 Å². The van der Waals surface area contributed by atoms with Gasteiger partial charge in [-0.1, -0.05) is 21.1 Å². The van der Waals surface area contributed by atoms with Crippen LogP contribution in [0.4, 0.5) is 4.39 Å². The number of hydrogen-bond donors (Lipinski definition) is 1. The Labute approximate surface area is 167 Å².